The zero-order valence-corrected chi connectivity index (χ0v) is 24.9. The number of rotatable bonds is 7. The van der Waals surface area contributed by atoms with Crippen LogP contribution in [0.2, 0.25) is 0 Å². The molecule has 1 saturated carbocycles. The van der Waals surface area contributed by atoms with Crippen LogP contribution in [0, 0.1) is 17.6 Å². The molecule has 1 aliphatic heterocycles. The van der Waals surface area contributed by atoms with Crippen LogP contribution in [0.3, 0.4) is 0 Å². The van der Waals surface area contributed by atoms with Crippen LogP contribution in [0.5, 0.6) is 11.5 Å². The second-order valence-electron chi connectivity index (χ2n) is 11.3. The largest absolute Gasteiger partial charge is 0.497 e. The van der Waals surface area contributed by atoms with Crippen molar-refractivity contribution in [1.29, 1.82) is 0 Å². The minimum absolute atomic E-state index is 0.0916. The first-order chi connectivity index (χ1) is 21.7. The van der Waals surface area contributed by atoms with Crippen molar-refractivity contribution < 1.29 is 32.6 Å². The van der Waals surface area contributed by atoms with Crippen LogP contribution < -0.4 is 25.6 Å². The summed E-state index contributed by atoms with van der Waals surface area (Å²) in [6, 6.07) is 6.97. The molecule has 0 unspecified atom stereocenters. The molecule has 1 aliphatic carbocycles. The van der Waals surface area contributed by atoms with Crippen LogP contribution in [-0.2, 0) is 20.9 Å². The van der Waals surface area contributed by atoms with Crippen molar-refractivity contribution in [1.82, 2.24) is 35.3 Å². The van der Waals surface area contributed by atoms with Gasteiger partial charge in [-0.2, -0.15) is 4.52 Å². The van der Waals surface area contributed by atoms with E-state index >= 15 is 0 Å². The Bertz CT molecular complexity index is 1810. The predicted octanol–water partition coefficient (Wildman–Crippen LogP) is 2.84. The number of fused-ring (bicyclic) bond motifs is 3. The Kier molecular flexibility index (Phi) is 8.08. The summed E-state index contributed by atoms with van der Waals surface area (Å²) in [7, 11) is 3.08. The number of halogens is 2. The standard InChI is InChI=1S/C30H32F2N8O5/c1-15-4-5-18(14-39(15)29(43)28(42)37-36-27(41)16-6-7-16)25-35-26-21-10-19(31)11-22(32)24(21)34-30(40(26)38-25)33-13-17-8-9-20(44-2)12-23(17)45-3/h8-12,15-16,18H,4-7,13-14H2,1-3H3,(H,33,34)(H,36,41)(H,37,42)/t15-,18+/m0/s1. The van der Waals surface area contributed by atoms with Gasteiger partial charge in [0.2, 0.25) is 11.9 Å². The first kappa shape index (κ1) is 30.0. The molecule has 2 aromatic carbocycles. The maximum atomic E-state index is 15.0. The molecule has 2 aliphatic rings. The average Bonchev–Trinajstić information content (AvgIpc) is 3.80. The third kappa shape index (κ3) is 6.01. The summed E-state index contributed by atoms with van der Waals surface area (Å²) in [6.07, 6.45) is 2.66. The number of carbonyl (C=O) groups is 3. The van der Waals surface area contributed by atoms with Crippen LogP contribution in [0.4, 0.5) is 14.7 Å². The Balaban J connectivity index is 1.30. The van der Waals surface area contributed by atoms with E-state index in [2.05, 4.69) is 31.2 Å². The summed E-state index contributed by atoms with van der Waals surface area (Å²) in [5, 5.41) is 7.96. The molecule has 0 spiro atoms. The molecule has 3 amide bonds. The van der Waals surface area contributed by atoms with Crippen LogP contribution in [0.1, 0.15) is 49.9 Å². The number of aromatic nitrogens is 4. The molecule has 2 aromatic heterocycles. The quantitative estimate of drug-likeness (QED) is 0.209. The predicted molar refractivity (Wildman–Crippen MR) is 157 cm³/mol. The Hall–Kier alpha value is -5.08. The van der Waals surface area contributed by atoms with E-state index in [1.54, 1.807) is 19.2 Å². The van der Waals surface area contributed by atoms with E-state index in [4.69, 9.17) is 9.47 Å². The summed E-state index contributed by atoms with van der Waals surface area (Å²) < 4.78 is 41.5. The summed E-state index contributed by atoms with van der Waals surface area (Å²) >= 11 is 0. The molecule has 0 radical (unpaired) electrons. The Morgan fingerprint density at radius 1 is 1.00 bits per heavy atom. The van der Waals surface area contributed by atoms with E-state index in [0.29, 0.717) is 30.2 Å². The van der Waals surface area contributed by atoms with Gasteiger partial charge in [0.1, 0.15) is 22.8 Å². The van der Waals surface area contributed by atoms with E-state index in [1.165, 1.54) is 16.5 Å². The molecule has 0 bridgehead atoms. The van der Waals surface area contributed by atoms with Crippen molar-refractivity contribution in [3.05, 3.63) is 53.4 Å². The fourth-order valence-corrected chi connectivity index (χ4v) is 5.46. The highest BCUT2D eigenvalue weighted by Gasteiger charge is 2.36. The lowest BCUT2D eigenvalue weighted by molar-refractivity contribution is -0.149. The van der Waals surface area contributed by atoms with Gasteiger partial charge in [-0.3, -0.25) is 25.2 Å². The van der Waals surface area contributed by atoms with Crippen molar-refractivity contribution in [2.75, 3.05) is 26.1 Å². The highest BCUT2D eigenvalue weighted by molar-refractivity contribution is 6.35. The molecule has 1 saturated heterocycles. The molecule has 6 rings (SSSR count). The molecule has 3 heterocycles. The summed E-state index contributed by atoms with van der Waals surface area (Å²) in [4.78, 5) is 48.1. The number of benzene rings is 2. The number of hydrogen-bond donors (Lipinski definition) is 3. The lowest BCUT2D eigenvalue weighted by Crippen LogP contribution is -2.54. The Morgan fingerprint density at radius 2 is 1.80 bits per heavy atom. The molecular formula is C30H32F2N8O5. The van der Waals surface area contributed by atoms with Gasteiger partial charge in [0.15, 0.2) is 17.3 Å². The van der Waals surface area contributed by atoms with Gasteiger partial charge in [0, 0.05) is 48.7 Å². The zero-order valence-electron chi connectivity index (χ0n) is 24.9. The van der Waals surface area contributed by atoms with Crippen molar-refractivity contribution in [2.24, 2.45) is 5.92 Å². The fourth-order valence-electron chi connectivity index (χ4n) is 5.46. The number of methoxy groups -OCH3 is 2. The van der Waals surface area contributed by atoms with Crippen LogP contribution in [0.25, 0.3) is 16.6 Å². The third-order valence-electron chi connectivity index (χ3n) is 8.19. The number of nitrogens with one attached hydrogen (secondary N) is 3. The SMILES string of the molecule is COc1ccc(CNc2nc3c(F)cc(F)cc3c3nc([C@@H]4CC[C@H](C)N(C(=O)C(=O)NNC(=O)C5CC5)C4)nn23)c(OC)c1. The van der Waals surface area contributed by atoms with Crippen molar-refractivity contribution >= 4 is 40.2 Å². The molecule has 2 atom stereocenters. The minimum atomic E-state index is -0.943. The van der Waals surface area contributed by atoms with Gasteiger partial charge < -0.3 is 19.7 Å². The number of likely N-dealkylation sites (tertiary alicyclic amines) is 1. The number of hydrazine groups is 1. The number of piperidine rings is 1. The highest BCUT2D eigenvalue weighted by Crippen LogP contribution is 2.32. The normalized spacial score (nSPS) is 18.1. The number of hydrogen-bond acceptors (Lipinski definition) is 9. The maximum absolute atomic E-state index is 15.0. The Morgan fingerprint density at radius 3 is 2.53 bits per heavy atom. The molecule has 2 fully saturated rings. The maximum Gasteiger partial charge on any atom is 0.327 e. The fraction of sp³-hybridized carbons (Fsp3) is 0.400. The van der Waals surface area contributed by atoms with Crippen molar-refractivity contribution in [3.63, 3.8) is 0 Å². The molecule has 45 heavy (non-hydrogen) atoms. The van der Waals surface area contributed by atoms with Gasteiger partial charge in [-0.05, 0) is 50.8 Å². The summed E-state index contributed by atoms with van der Waals surface area (Å²) in [5.74, 6) is -2.57. The van der Waals surface area contributed by atoms with E-state index in [0.717, 1.165) is 30.5 Å². The first-order valence-electron chi connectivity index (χ1n) is 14.6. The molecular weight excluding hydrogens is 590 g/mol. The van der Waals surface area contributed by atoms with Crippen molar-refractivity contribution in [2.45, 2.75) is 51.1 Å². The van der Waals surface area contributed by atoms with Crippen LogP contribution in [0.15, 0.2) is 30.3 Å². The number of nitrogens with zero attached hydrogens (tertiary/aromatic N) is 5. The van der Waals surface area contributed by atoms with E-state index in [-0.39, 0.29) is 59.4 Å². The molecule has 3 N–H and O–H groups in total. The second kappa shape index (κ2) is 12.1. The lowest BCUT2D eigenvalue weighted by Gasteiger charge is -2.36. The van der Waals surface area contributed by atoms with E-state index in [1.807, 2.05) is 13.0 Å². The van der Waals surface area contributed by atoms with Gasteiger partial charge in [-0.25, -0.2) is 18.7 Å². The van der Waals surface area contributed by atoms with Gasteiger partial charge in [-0.15, -0.1) is 5.10 Å². The molecule has 236 valence electrons. The van der Waals surface area contributed by atoms with Crippen LogP contribution in [-0.4, -0.2) is 69.0 Å². The third-order valence-corrected chi connectivity index (χ3v) is 8.19. The van der Waals surface area contributed by atoms with E-state index in [9.17, 15) is 23.2 Å². The number of amides is 3. The minimum Gasteiger partial charge on any atom is -0.497 e. The monoisotopic (exact) mass is 622 g/mol. The number of anilines is 1. The molecule has 15 heteroatoms. The second-order valence-corrected chi connectivity index (χ2v) is 11.3. The number of ether oxygens (including phenoxy) is 2. The number of carbonyl (C=O) groups excluding carboxylic acids is 3. The molecule has 4 aromatic rings. The summed E-state index contributed by atoms with van der Waals surface area (Å²) in [6.45, 7) is 2.18. The summed E-state index contributed by atoms with van der Waals surface area (Å²) in [5.41, 5.74) is 5.36. The average molecular weight is 623 g/mol. The van der Waals surface area contributed by atoms with E-state index < -0.39 is 23.4 Å². The van der Waals surface area contributed by atoms with Crippen LogP contribution >= 0.6 is 0 Å². The van der Waals surface area contributed by atoms with Gasteiger partial charge in [0.05, 0.1) is 19.6 Å². The van der Waals surface area contributed by atoms with Gasteiger partial charge >= 0.3 is 11.8 Å². The Labute approximate surface area is 256 Å². The highest BCUT2D eigenvalue weighted by atomic mass is 19.1. The van der Waals surface area contributed by atoms with Gasteiger partial charge in [0.25, 0.3) is 0 Å². The smallest absolute Gasteiger partial charge is 0.327 e. The van der Waals surface area contributed by atoms with Crippen molar-refractivity contribution in [3.8, 4) is 11.5 Å². The zero-order chi connectivity index (χ0) is 31.8. The molecule has 13 nitrogen and oxygen atoms in total. The lowest BCUT2D eigenvalue weighted by atomic mass is 9.92. The topological polar surface area (TPSA) is 152 Å². The van der Waals surface area contributed by atoms with Gasteiger partial charge in [-0.1, -0.05) is 0 Å². The first-order valence-corrected chi connectivity index (χ1v) is 14.6.